The number of benzene rings is 8. The van der Waals surface area contributed by atoms with Gasteiger partial charge in [-0.3, -0.25) is 0 Å². The van der Waals surface area contributed by atoms with Gasteiger partial charge in [0.15, 0.2) is 5.82 Å². The number of fused-ring (bicyclic) bond motifs is 10. The average molecular weight is 599 g/mol. The molecule has 1 heterocycles. The molecule has 8 aromatic carbocycles. The highest BCUT2D eigenvalue weighted by molar-refractivity contribution is 6.21. The standard InChI is InChI=1S/C45H30N2/c1-45(2)39-13-7-5-11-35(39)38-25-31-19-17-28-16-18-30-24-33(21-22-34(30)42(28)37(31)26-40(38)45)44-46-41-14-8-6-12-36(41)43(47-44)32-20-15-27-9-3-4-10-29(27)23-32/h3-26H,1-2H3. The normalized spacial score (nSPS) is 13.5. The first-order chi connectivity index (χ1) is 23.0. The van der Waals surface area contributed by atoms with Crippen LogP contribution in [-0.4, -0.2) is 9.97 Å². The third kappa shape index (κ3) is 3.85. The van der Waals surface area contributed by atoms with E-state index < -0.39 is 0 Å². The van der Waals surface area contributed by atoms with Gasteiger partial charge in [-0.2, -0.15) is 0 Å². The van der Waals surface area contributed by atoms with E-state index in [0.717, 1.165) is 33.5 Å². The van der Waals surface area contributed by atoms with Crippen molar-refractivity contribution in [2.45, 2.75) is 19.3 Å². The Morgan fingerprint density at radius 3 is 2.00 bits per heavy atom. The Hall–Kier alpha value is -5.86. The fourth-order valence-electron chi connectivity index (χ4n) is 7.99. The summed E-state index contributed by atoms with van der Waals surface area (Å²) in [5.74, 6) is 0.740. The maximum Gasteiger partial charge on any atom is 0.160 e. The molecular weight excluding hydrogens is 569 g/mol. The minimum absolute atomic E-state index is 0.0454. The van der Waals surface area contributed by atoms with Crippen molar-refractivity contribution in [2.75, 3.05) is 0 Å². The first-order valence-electron chi connectivity index (χ1n) is 16.3. The Kier molecular flexibility index (Phi) is 5.37. The molecule has 220 valence electrons. The summed E-state index contributed by atoms with van der Waals surface area (Å²) in [5, 5.41) is 11.1. The van der Waals surface area contributed by atoms with E-state index in [-0.39, 0.29) is 5.41 Å². The molecule has 2 nitrogen and oxygen atoms in total. The van der Waals surface area contributed by atoms with Crippen LogP contribution in [0.4, 0.5) is 0 Å². The average Bonchev–Trinajstić information content (AvgIpc) is 3.34. The van der Waals surface area contributed by atoms with Crippen LogP contribution in [0.2, 0.25) is 0 Å². The number of hydrogen-bond donors (Lipinski definition) is 0. The molecule has 0 spiro atoms. The van der Waals surface area contributed by atoms with Crippen molar-refractivity contribution in [1.82, 2.24) is 9.97 Å². The van der Waals surface area contributed by atoms with Gasteiger partial charge in [0.2, 0.25) is 0 Å². The van der Waals surface area contributed by atoms with Gasteiger partial charge in [-0.15, -0.1) is 0 Å². The van der Waals surface area contributed by atoms with Crippen LogP contribution in [0.1, 0.15) is 25.0 Å². The Balaban J connectivity index is 1.17. The van der Waals surface area contributed by atoms with Crippen molar-refractivity contribution < 1.29 is 0 Å². The molecule has 1 aliphatic carbocycles. The lowest BCUT2D eigenvalue weighted by Crippen LogP contribution is -2.14. The number of aromatic nitrogens is 2. The molecule has 0 aliphatic heterocycles. The van der Waals surface area contributed by atoms with Crippen LogP contribution in [0, 0.1) is 0 Å². The molecule has 1 aromatic heterocycles. The SMILES string of the molecule is CC1(C)c2ccccc2-c2cc3ccc4ccc5cc(-c6nc(-c7ccc8ccccc8c7)c7ccccc7n6)ccc5c4c3cc21. The molecule has 47 heavy (non-hydrogen) atoms. The zero-order valence-corrected chi connectivity index (χ0v) is 26.3. The molecule has 0 fully saturated rings. The predicted molar refractivity (Wildman–Crippen MR) is 198 cm³/mol. The summed E-state index contributed by atoms with van der Waals surface area (Å²) >= 11 is 0. The third-order valence-electron chi connectivity index (χ3n) is 10.4. The van der Waals surface area contributed by atoms with Gasteiger partial charge >= 0.3 is 0 Å². The lowest BCUT2D eigenvalue weighted by molar-refractivity contribution is 0.661. The molecule has 0 bridgehead atoms. The maximum absolute atomic E-state index is 5.23. The molecule has 0 N–H and O–H groups in total. The molecule has 0 radical (unpaired) electrons. The van der Waals surface area contributed by atoms with E-state index in [9.17, 15) is 0 Å². The minimum atomic E-state index is -0.0454. The second-order valence-corrected chi connectivity index (χ2v) is 13.4. The molecule has 0 amide bonds. The summed E-state index contributed by atoms with van der Waals surface area (Å²) in [6.07, 6.45) is 0. The molecule has 9 aromatic rings. The van der Waals surface area contributed by atoms with E-state index in [4.69, 9.17) is 9.97 Å². The van der Waals surface area contributed by atoms with Gasteiger partial charge in [0.05, 0.1) is 11.2 Å². The lowest BCUT2D eigenvalue weighted by Gasteiger charge is -2.22. The molecule has 0 saturated heterocycles. The lowest BCUT2D eigenvalue weighted by atomic mass is 9.81. The van der Waals surface area contributed by atoms with Crippen LogP contribution in [0.3, 0.4) is 0 Å². The Bertz CT molecular complexity index is 2770. The van der Waals surface area contributed by atoms with E-state index in [0.29, 0.717) is 0 Å². The van der Waals surface area contributed by atoms with Crippen LogP contribution >= 0.6 is 0 Å². The summed E-state index contributed by atoms with van der Waals surface area (Å²) in [6.45, 7) is 4.71. The summed E-state index contributed by atoms with van der Waals surface area (Å²) in [7, 11) is 0. The molecular formula is C45H30N2. The first kappa shape index (κ1) is 26.4. The van der Waals surface area contributed by atoms with Crippen molar-refractivity contribution in [3.05, 3.63) is 157 Å². The Morgan fingerprint density at radius 1 is 0.426 bits per heavy atom. The smallest absolute Gasteiger partial charge is 0.160 e. The Labute approximate surface area is 273 Å². The van der Waals surface area contributed by atoms with E-state index in [2.05, 4.69) is 159 Å². The third-order valence-corrected chi connectivity index (χ3v) is 10.4. The van der Waals surface area contributed by atoms with Gasteiger partial charge in [-0.1, -0.05) is 129 Å². The monoisotopic (exact) mass is 598 g/mol. The number of hydrogen-bond acceptors (Lipinski definition) is 2. The highest BCUT2D eigenvalue weighted by Gasteiger charge is 2.35. The van der Waals surface area contributed by atoms with E-state index in [1.54, 1.807) is 0 Å². The van der Waals surface area contributed by atoms with E-state index >= 15 is 0 Å². The fraction of sp³-hybridized carbons (Fsp3) is 0.0667. The predicted octanol–water partition coefficient (Wildman–Crippen LogP) is 11.9. The van der Waals surface area contributed by atoms with E-state index in [1.165, 1.54) is 65.3 Å². The van der Waals surface area contributed by atoms with Crippen molar-refractivity contribution in [1.29, 1.82) is 0 Å². The molecule has 0 unspecified atom stereocenters. The number of nitrogens with zero attached hydrogens (tertiary/aromatic N) is 2. The van der Waals surface area contributed by atoms with Gasteiger partial charge in [0.25, 0.3) is 0 Å². The van der Waals surface area contributed by atoms with Gasteiger partial charge in [0, 0.05) is 21.9 Å². The molecule has 0 saturated carbocycles. The van der Waals surface area contributed by atoms with Crippen molar-refractivity contribution in [3.8, 4) is 33.8 Å². The van der Waals surface area contributed by atoms with Crippen LogP contribution in [-0.2, 0) is 5.41 Å². The second-order valence-electron chi connectivity index (χ2n) is 13.4. The highest BCUT2D eigenvalue weighted by Crippen LogP contribution is 2.50. The molecule has 0 atom stereocenters. The zero-order valence-electron chi connectivity index (χ0n) is 26.3. The van der Waals surface area contributed by atoms with Crippen molar-refractivity contribution in [3.63, 3.8) is 0 Å². The van der Waals surface area contributed by atoms with Crippen molar-refractivity contribution >= 4 is 54.0 Å². The summed E-state index contributed by atoms with van der Waals surface area (Å²) in [5.41, 5.74) is 9.49. The molecule has 1 aliphatic rings. The summed E-state index contributed by atoms with van der Waals surface area (Å²) in [4.78, 5) is 10.3. The maximum atomic E-state index is 5.23. The van der Waals surface area contributed by atoms with Gasteiger partial charge < -0.3 is 0 Å². The fourth-order valence-corrected chi connectivity index (χ4v) is 7.99. The van der Waals surface area contributed by atoms with Gasteiger partial charge in [0.1, 0.15) is 0 Å². The van der Waals surface area contributed by atoms with Crippen LogP contribution in [0.5, 0.6) is 0 Å². The topological polar surface area (TPSA) is 25.8 Å². The van der Waals surface area contributed by atoms with Crippen LogP contribution < -0.4 is 0 Å². The molecule has 10 rings (SSSR count). The minimum Gasteiger partial charge on any atom is -0.228 e. The van der Waals surface area contributed by atoms with Crippen LogP contribution in [0.25, 0.3) is 87.8 Å². The van der Waals surface area contributed by atoms with Crippen LogP contribution in [0.15, 0.2) is 146 Å². The van der Waals surface area contributed by atoms with Crippen molar-refractivity contribution in [2.24, 2.45) is 0 Å². The van der Waals surface area contributed by atoms with Gasteiger partial charge in [-0.25, -0.2) is 9.97 Å². The highest BCUT2D eigenvalue weighted by atomic mass is 14.9. The van der Waals surface area contributed by atoms with Gasteiger partial charge in [-0.05, 0) is 95.7 Å². The quantitative estimate of drug-likeness (QED) is 0.185. The summed E-state index contributed by atoms with van der Waals surface area (Å²) < 4.78 is 0. The second kappa shape index (κ2) is 9.57. The van der Waals surface area contributed by atoms with E-state index in [1.807, 2.05) is 0 Å². The Morgan fingerprint density at radius 2 is 1.11 bits per heavy atom. The molecule has 2 heteroatoms. The number of para-hydroxylation sites is 1. The zero-order chi connectivity index (χ0) is 31.3. The summed E-state index contributed by atoms with van der Waals surface area (Å²) in [6, 6.07) is 52.9. The number of rotatable bonds is 2. The first-order valence-corrected chi connectivity index (χ1v) is 16.3. The largest absolute Gasteiger partial charge is 0.228 e.